The predicted octanol–water partition coefficient (Wildman–Crippen LogP) is 5.05. The zero-order chi connectivity index (χ0) is 18.7. The van der Waals surface area contributed by atoms with Crippen LogP contribution in [0.25, 0.3) is 5.69 Å². The molecule has 26 heavy (non-hydrogen) atoms. The Kier molecular flexibility index (Phi) is 5.38. The van der Waals surface area contributed by atoms with E-state index in [1.54, 1.807) is 31.2 Å². The van der Waals surface area contributed by atoms with E-state index >= 15 is 0 Å². The van der Waals surface area contributed by atoms with Gasteiger partial charge in [0.25, 0.3) is 5.56 Å². The van der Waals surface area contributed by atoms with Crippen LogP contribution >= 0.6 is 11.6 Å². The monoisotopic (exact) mass is 371 g/mol. The summed E-state index contributed by atoms with van der Waals surface area (Å²) in [6.45, 7) is 3.83. The van der Waals surface area contributed by atoms with E-state index in [-0.39, 0.29) is 11.4 Å². The summed E-state index contributed by atoms with van der Waals surface area (Å²) in [5, 5.41) is 3.66. The third-order valence-corrected chi connectivity index (χ3v) is 4.37. The number of aliphatic imine (C=N–C) groups is 1. The Morgan fingerprint density at radius 3 is 2.54 bits per heavy atom. The lowest BCUT2D eigenvalue weighted by Crippen LogP contribution is -2.19. The lowest BCUT2D eigenvalue weighted by molar-refractivity contribution is 0.626. The first-order valence-electron chi connectivity index (χ1n) is 8.41. The van der Waals surface area contributed by atoms with Gasteiger partial charge in [0.15, 0.2) is 0 Å². The van der Waals surface area contributed by atoms with E-state index < -0.39 is 0 Å². The summed E-state index contributed by atoms with van der Waals surface area (Å²) in [6.07, 6.45) is 1.57. The molecule has 0 saturated heterocycles. The molecular weight excluding hydrogens is 353 g/mol. The van der Waals surface area contributed by atoms with E-state index in [0.29, 0.717) is 34.1 Å². The summed E-state index contributed by atoms with van der Waals surface area (Å²) < 4.78 is 14.6. The molecule has 0 bridgehead atoms. The number of hydrogen-bond acceptors (Lipinski definition) is 2. The van der Waals surface area contributed by atoms with E-state index in [4.69, 9.17) is 11.6 Å². The molecule has 0 aliphatic heterocycles. The molecule has 3 rings (SSSR count). The maximum atomic E-state index is 13.2. The Bertz CT molecular complexity index is 1000. The molecule has 2 aromatic carbocycles. The number of benzene rings is 2. The lowest BCUT2D eigenvalue weighted by atomic mass is 10.1. The van der Waals surface area contributed by atoms with Crippen LogP contribution in [0.2, 0.25) is 5.02 Å². The third kappa shape index (κ3) is 3.63. The molecule has 1 N–H and O–H groups in total. The van der Waals surface area contributed by atoms with Crippen molar-refractivity contribution < 1.29 is 4.39 Å². The molecule has 0 aliphatic carbocycles. The van der Waals surface area contributed by atoms with Crippen LogP contribution in [0, 0.1) is 5.82 Å². The highest BCUT2D eigenvalue weighted by atomic mass is 35.5. The van der Waals surface area contributed by atoms with E-state index in [1.807, 2.05) is 19.1 Å². The molecule has 0 atom stereocenters. The summed E-state index contributed by atoms with van der Waals surface area (Å²) in [6, 6.07) is 13.0. The minimum Gasteiger partial charge on any atom is -0.294 e. The molecule has 3 aromatic rings. The van der Waals surface area contributed by atoms with Gasteiger partial charge >= 0.3 is 0 Å². The van der Waals surface area contributed by atoms with Gasteiger partial charge in [-0.25, -0.2) is 9.07 Å². The van der Waals surface area contributed by atoms with Crippen molar-refractivity contribution in [2.45, 2.75) is 26.7 Å². The van der Waals surface area contributed by atoms with Crippen LogP contribution < -0.4 is 5.56 Å². The predicted molar refractivity (Wildman–Crippen MR) is 104 cm³/mol. The molecule has 4 nitrogen and oxygen atoms in total. The first kappa shape index (κ1) is 18.1. The molecule has 0 unspecified atom stereocenters. The SMILES string of the molecule is CCCc1[nH]n(-c2ccc(F)cc2)c(=O)c1C(C)=Nc1ccccc1Cl. The fourth-order valence-corrected chi connectivity index (χ4v) is 3.02. The van der Waals surface area contributed by atoms with Crippen molar-refractivity contribution >= 4 is 23.0 Å². The molecule has 0 radical (unpaired) electrons. The molecule has 6 heteroatoms. The van der Waals surface area contributed by atoms with E-state index in [1.165, 1.54) is 16.8 Å². The van der Waals surface area contributed by atoms with Gasteiger partial charge < -0.3 is 0 Å². The zero-order valence-electron chi connectivity index (χ0n) is 14.6. The first-order chi connectivity index (χ1) is 12.5. The summed E-state index contributed by atoms with van der Waals surface area (Å²) in [7, 11) is 0. The molecule has 0 saturated carbocycles. The summed E-state index contributed by atoms with van der Waals surface area (Å²) in [5.41, 5.74) is 2.89. The topological polar surface area (TPSA) is 50.1 Å². The number of halogens is 2. The van der Waals surface area contributed by atoms with Crippen LogP contribution in [0.4, 0.5) is 10.1 Å². The molecule has 1 aromatic heterocycles. The smallest absolute Gasteiger partial charge is 0.280 e. The van der Waals surface area contributed by atoms with Crippen molar-refractivity contribution in [1.82, 2.24) is 9.78 Å². The number of nitrogens with zero attached hydrogens (tertiary/aromatic N) is 2. The van der Waals surface area contributed by atoms with Crippen molar-refractivity contribution in [3.63, 3.8) is 0 Å². The molecule has 1 heterocycles. The van der Waals surface area contributed by atoms with E-state index in [9.17, 15) is 9.18 Å². The van der Waals surface area contributed by atoms with Crippen molar-refractivity contribution in [2.24, 2.45) is 4.99 Å². The fourth-order valence-electron chi connectivity index (χ4n) is 2.84. The van der Waals surface area contributed by atoms with Gasteiger partial charge in [-0.05, 0) is 49.7 Å². The molecular formula is C20H19ClFN3O. The molecule has 134 valence electrons. The normalized spacial score (nSPS) is 11.8. The maximum Gasteiger partial charge on any atom is 0.280 e. The van der Waals surface area contributed by atoms with Crippen molar-refractivity contribution in [3.8, 4) is 5.69 Å². The Balaban J connectivity index is 2.13. The van der Waals surface area contributed by atoms with Crippen LogP contribution in [0.5, 0.6) is 0 Å². The molecule has 0 amide bonds. The standard InChI is InChI=1S/C20H19ClFN3O/c1-3-6-18-19(13(2)23-17-8-5-4-7-16(17)21)20(26)25(24-18)15-11-9-14(22)10-12-15/h4-5,7-12,24H,3,6H2,1-2H3. The summed E-state index contributed by atoms with van der Waals surface area (Å²) in [4.78, 5) is 17.5. The average Bonchev–Trinajstić information content (AvgIpc) is 2.94. The van der Waals surface area contributed by atoms with Gasteiger partial charge in [-0.2, -0.15) is 0 Å². The number of nitrogens with one attached hydrogen (secondary N) is 1. The van der Waals surface area contributed by atoms with Gasteiger partial charge in [-0.1, -0.05) is 37.1 Å². The van der Waals surface area contributed by atoms with Crippen molar-refractivity contribution in [1.29, 1.82) is 0 Å². The molecule has 0 spiro atoms. The average molecular weight is 372 g/mol. The van der Waals surface area contributed by atoms with Gasteiger partial charge in [0, 0.05) is 5.69 Å². The number of para-hydroxylation sites is 1. The Labute approximate surface area is 156 Å². The summed E-state index contributed by atoms with van der Waals surface area (Å²) >= 11 is 6.18. The number of aromatic nitrogens is 2. The van der Waals surface area contributed by atoms with Crippen LogP contribution in [0.1, 0.15) is 31.5 Å². The number of rotatable bonds is 5. The fraction of sp³-hybridized carbons (Fsp3) is 0.200. The Morgan fingerprint density at radius 1 is 1.19 bits per heavy atom. The van der Waals surface area contributed by atoms with Gasteiger partial charge in [0.05, 0.1) is 27.7 Å². The second kappa shape index (κ2) is 7.70. The van der Waals surface area contributed by atoms with Gasteiger partial charge in [0.1, 0.15) is 5.82 Å². The van der Waals surface area contributed by atoms with Crippen LogP contribution in [-0.4, -0.2) is 15.5 Å². The number of aryl methyl sites for hydroxylation is 1. The Hall–Kier alpha value is -2.66. The minimum absolute atomic E-state index is 0.214. The first-order valence-corrected chi connectivity index (χ1v) is 8.79. The van der Waals surface area contributed by atoms with Gasteiger partial charge in [-0.3, -0.25) is 14.9 Å². The van der Waals surface area contributed by atoms with Crippen molar-refractivity contribution in [2.75, 3.05) is 0 Å². The quantitative estimate of drug-likeness (QED) is 0.627. The Morgan fingerprint density at radius 2 is 1.88 bits per heavy atom. The zero-order valence-corrected chi connectivity index (χ0v) is 15.3. The molecule has 0 fully saturated rings. The third-order valence-electron chi connectivity index (χ3n) is 4.05. The van der Waals surface area contributed by atoms with Crippen LogP contribution in [0.3, 0.4) is 0 Å². The van der Waals surface area contributed by atoms with Crippen molar-refractivity contribution in [3.05, 3.63) is 81.0 Å². The van der Waals surface area contributed by atoms with Gasteiger partial charge in [0.2, 0.25) is 0 Å². The van der Waals surface area contributed by atoms with Crippen LogP contribution in [-0.2, 0) is 6.42 Å². The second-order valence-electron chi connectivity index (χ2n) is 5.98. The minimum atomic E-state index is -0.348. The number of H-pyrrole nitrogens is 1. The largest absolute Gasteiger partial charge is 0.294 e. The highest BCUT2D eigenvalue weighted by Gasteiger charge is 2.17. The second-order valence-corrected chi connectivity index (χ2v) is 6.39. The van der Waals surface area contributed by atoms with E-state index in [2.05, 4.69) is 10.1 Å². The van der Waals surface area contributed by atoms with E-state index in [0.717, 1.165) is 12.1 Å². The summed E-state index contributed by atoms with van der Waals surface area (Å²) in [5.74, 6) is -0.348. The van der Waals surface area contributed by atoms with Gasteiger partial charge in [-0.15, -0.1) is 0 Å². The highest BCUT2D eigenvalue weighted by molar-refractivity contribution is 6.33. The lowest BCUT2D eigenvalue weighted by Gasteiger charge is -2.02. The molecule has 0 aliphatic rings. The maximum absolute atomic E-state index is 13.2. The van der Waals surface area contributed by atoms with Crippen LogP contribution in [0.15, 0.2) is 58.3 Å². The highest BCUT2D eigenvalue weighted by Crippen LogP contribution is 2.25. The number of aromatic amines is 1. The number of hydrogen-bond donors (Lipinski definition) is 1.